The third kappa shape index (κ3) is 8.67. The van der Waals surface area contributed by atoms with Crippen LogP contribution in [0.3, 0.4) is 0 Å². The standard InChI is InChI=1S/C10H20N5OP.C2H6/c1-3-11-5-4-6-15-8-9(13-14-15)7-12-10(16)17-2;1-2/h8,11,17H,3-7H2,1-2H3,(H,12,16);1-2H3. The van der Waals surface area contributed by atoms with E-state index in [1.165, 1.54) is 0 Å². The minimum Gasteiger partial charge on any atom is -0.347 e. The van der Waals surface area contributed by atoms with Crippen molar-refractivity contribution in [2.24, 2.45) is 0 Å². The van der Waals surface area contributed by atoms with E-state index in [1.807, 2.05) is 31.4 Å². The molecule has 0 radical (unpaired) electrons. The first-order valence-electron chi connectivity index (χ1n) is 6.81. The lowest BCUT2D eigenvalue weighted by Gasteiger charge is -2.01. The van der Waals surface area contributed by atoms with E-state index in [0.29, 0.717) is 6.54 Å². The van der Waals surface area contributed by atoms with Gasteiger partial charge in [-0.25, -0.2) is 0 Å². The van der Waals surface area contributed by atoms with Crippen LogP contribution in [0, 0.1) is 0 Å². The van der Waals surface area contributed by atoms with Gasteiger partial charge >= 0.3 is 0 Å². The second-order valence-corrected chi connectivity index (χ2v) is 4.57. The van der Waals surface area contributed by atoms with Gasteiger partial charge in [-0.1, -0.05) is 26.0 Å². The summed E-state index contributed by atoms with van der Waals surface area (Å²) in [5.41, 5.74) is 0.867. The summed E-state index contributed by atoms with van der Waals surface area (Å²) in [6.45, 7) is 11.2. The Bertz CT molecular complexity index is 343. The lowest BCUT2D eigenvalue weighted by molar-refractivity contribution is 0.260. The van der Waals surface area contributed by atoms with E-state index in [0.717, 1.165) is 31.7 Å². The summed E-state index contributed by atoms with van der Waals surface area (Å²) in [6, 6.07) is 0. The Balaban J connectivity index is 0.00000154. The van der Waals surface area contributed by atoms with E-state index in [4.69, 9.17) is 0 Å². The molecule has 7 heteroatoms. The summed E-state index contributed by atoms with van der Waals surface area (Å²) >= 11 is 0. The van der Waals surface area contributed by atoms with E-state index >= 15 is 0 Å². The summed E-state index contributed by atoms with van der Waals surface area (Å²) in [6.07, 6.45) is 2.91. The van der Waals surface area contributed by atoms with Crippen molar-refractivity contribution in [3.8, 4) is 0 Å². The third-order valence-corrected chi connectivity index (χ3v) is 2.86. The number of nitrogens with zero attached hydrogens (tertiary/aromatic N) is 3. The monoisotopic (exact) mass is 287 g/mol. The van der Waals surface area contributed by atoms with Gasteiger partial charge in [0, 0.05) is 6.54 Å². The van der Waals surface area contributed by atoms with Crippen LogP contribution in [-0.4, -0.2) is 40.4 Å². The molecular formula is C12H26N5OP. The van der Waals surface area contributed by atoms with Crippen LogP contribution in [0.5, 0.6) is 0 Å². The highest BCUT2D eigenvalue weighted by atomic mass is 31.1. The molecule has 1 amide bonds. The topological polar surface area (TPSA) is 71.8 Å². The molecule has 2 N–H and O–H groups in total. The molecular weight excluding hydrogens is 261 g/mol. The molecule has 1 rings (SSSR count). The zero-order valence-electron chi connectivity index (χ0n) is 12.4. The fourth-order valence-electron chi connectivity index (χ4n) is 1.33. The molecule has 110 valence electrons. The first kappa shape index (κ1) is 18.0. The second kappa shape index (κ2) is 12.1. The highest BCUT2D eigenvalue weighted by Gasteiger charge is 2.02. The molecule has 0 aliphatic heterocycles. The molecule has 1 aromatic rings. The minimum absolute atomic E-state index is 0.0618. The molecule has 0 saturated heterocycles. The minimum atomic E-state index is 0.0618. The number of amides is 1. The fourth-order valence-corrected chi connectivity index (χ4v) is 1.60. The van der Waals surface area contributed by atoms with Gasteiger partial charge in [0.25, 0.3) is 0 Å². The third-order valence-electron chi connectivity index (χ3n) is 2.23. The first-order chi connectivity index (χ1) is 9.26. The van der Waals surface area contributed by atoms with Gasteiger partial charge in [-0.3, -0.25) is 9.48 Å². The zero-order chi connectivity index (χ0) is 14.5. The van der Waals surface area contributed by atoms with Crippen molar-refractivity contribution in [3.63, 3.8) is 0 Å². The molecule has 0 fully saturated rings. The summed E-state index contributed by atoms with van der Waals surface area (Å²) in [7, 11) is 0.277. The fraction of sp³-hybridized carbons (Fsp3) is 0.750. The molecule has 1 unspecified atom stereocenters. The molecule has 0 aromatic carbocycles. The first-order valence-corrected chi connectivity index (χ1v) is 8.31. The van der Waals surface area contributed by atoms with Crippen molar-refractivity contribution in [1.29, 1.82) is 0 Å². The molecule has 0 bridgehead atoms. The molecule has 1 atom stereocenters. The van der Waals surface area contributed by atoms with Crippen molar-refractivity contribution in [1.82, 2.24) is 25.6 Å². The second-order valence-electron chi connectivity index (χ2n) is 3.61. The van der Waals surface area contributed by atoms with E-state index in [1.54, 1.807) is 0 Å². The van der Waals surface area contributed by atoms with Gasteiger partial charge in [-0.05, 0) is 34.8 Å². The number of hydrogen-bond donors (Lipinski definition) is 2. The SMILES string of the molecule is CC.CCNCCCn1cc(CNC(=O)PC)nn1. The van der Waals surface area contributed by atoms with Crippen molar-refractivity contribution in [3.05, 3.63) is 11.9 Å². The average molecular weight is 287 g/mol. The molecule has 1 heterocycles. The summed E-state index contributed by atoms with van der Waals surface area (Å²) in [4.78, 5) is 11.1. The number of rotatable bonds is 8. The average Bonchev–Trinajstić information content (AvgIpc) is 2.91. The van der Waals surface area contributed by atoms with Crippen LogP contribution < -0.4 is 10.6 Å². The van der Waals surface area contributed by atoms with Crippen LogP contribution in [0.2, 0.25) is 0 Å². The van der Waals surface area contributed by atoms with E-state index in [9.17, 15) is 4.79 Å². The number of carbonyl (C=O) groups excluding carboxylic acids is 1. The highest BCUT2D eigenvalue weighted by molar-refractivity contribution is 7.56. The molecule has 1 aromatic heterocycles. The van der Waals surface area contributed by atoms with Gasteiger partial charge in [0.05, 0.1) is 12.7 Å². The Kier molecular flexibility index (Phi) is 11.4. The molecule has 0 spiro atoms. The number of aromatic nitrogens is 3. The van der Waals surface area contributed by atoms with Crippen molar-refractivity contribution in [2.75, 3.05) is 19.8 Å². The van der Waals surface area contributed by atoms with E-state index in [-0.39, 0.29) is 14.2 Å². The predicted molar refractivity (Wildman–Crippen MR) is 81.0 cm³/mol. The van der Waals surface area contributed by atoms with Gasteiger partial charge in [0.2, 0.25) is 5.65 Å². The van der Waals surface area contributed by atoms with Crippen molar-refractivity contribution < 1.29 is 4.79 Å². The van der Waals surface area contributed by atoms with Gasteiger partial charge in [-0.2, -0.15) is 0 Å². The summed E-state index contributed by atoms with van der Waals surface area (Å²) in [5.74, 6) is 0. The number of aryl methyl sites for hydroxylation is 1. The smallest absolute Gasteiger partial charge is 0.237 e. The van der Waals surface area contributed by atoms with Crippen LogP contribution >= 0.6 is 8.58 Å². The number of nitrogens with one attached hydrogen (secondary N) is 2. The van der Waals surface area contributed by atoms with Gasteiger partial charge < -0.3 is 10.6 Å². The molecule has 0 saturated carbocycles. The molecule has 0 aliphatic carbocycles. The van der Waals surface area contributed by atoms with Crippen molar-refractivity contribution >= 4 is 14.2 Å². The van der Waals surface area contributed by atoms with Gasteiger partial charge in [0.1, 0.15) is 5.69 Å². The Morgan fingerprint density at radius 3 is 2.84 bits per heavy atom. The molecule has 0 aliphatic rings. The number of carbonyl (C=O) groups is 1. The molecule has 6 nitrogen and oxygen atoms in total. The van der Waals surface area contributed by atoms with Crippen LogP contribution in [0.25, 0.3) is 0 Å². The Hall–Kier alpha value is -1.00. The van der Waals surface area contributed by atoms with Crippen LogP contribution in [0.1, 0.15) is 32.9 Å². The lowest BCUT2D eigenvalue weighted by atomic mass is 10.4. The summed E-state index contributed by atoms with van der Waals surface area (Å²) < 4.78 is 1.81. The van der Waals surface area contributed by atoms with Gasteiger partial charge in [-0.15, -0.1) is 5.10 Å². The quantitative estimate of drug-likeness (QED) is 0.565. The number of hydrogen-bond acceptors (Lipinski definition) is 4. The Morgan fingerprint density at radius 1 is 1.47 bits per heavy atom. The Morgan fingerprint density at radius 2 is 2.21 bits per heavy atom. The zero-order valence-corrected chi connectivity index (χ0v) is 13.4. The Labute approximate surface area is 117 Å². The predicted octanol–water partition coefficient (Wildman–Crippen LogP) is 1.82. The largest absolute Gasteiger partial charge is 0.347 e. The van der Waals surface area contributed by atoms with Gasteiger partial charge in [0.15, 0.2) is 0 Å². The van der Waals surface area contributed by atoms with Crippen LogP contribution in [-0.2, 0) is 13.1 Å². The van der Waals surface area contributed by atoms with E-state index < -0.39 is 0 Å². The maximum atomic E-state index is 11.1. The van der Waals surface area contributed by atoms with E-state index in [2.05, 4.69) is 27.9 Å². The normalized spacial score (nSPS) is 10.3. The van der Waals surface area contributed by atoms with Crippen LogP contribution in [0.4, 0.5) is 4.79 Å². The highest BCUT2D eigenvalue weighted by Crippen LogP contribution is 2.03. The lowest BCUT2D eigenvalue weighted by Crippen LogP contribution is -2.17. The molecule has 19 heavy (non-hydrogen) atoms. The summed E-state index contributed by atoms with van der Waals surface area (Å²) in [5, 5.41) is 14.0. The van der Waals surface area contributed by atoms with Crippen molar-refractivity contribution in [2.45, 2.75) is 40.3 Å². The maximum Gasteiger partial charge on any atom is 0.237 e. The van der Waals surface area contributed by atoms with Crippen LogP contribution in [0.15, 0.2) is 6.20 Å². The maximum absolute atomic E-state index is 11.1.